The zero-order chi connectivity index (χ0) is 25.9. The van der Waals surface area contributed by atoms with Gasteiger partial charge in [0.25, 0.3) is 5.91 Å². The van der Waals surface area contributed by atoms with Crippen LogP contribution < -0.4 is 10.2 Å². The molecule has 0 saturated carbocycles. The van der Waals surface area contributed by atoms with E-state index in [4.69, 9.17) is 4.74 Å². The van der Waals surface area contributed by atoms with Crippen LogP contribution in [0.1, 0.15) is 34.5 Å². The summed E-state index contributed by atoms with van der Waals surface area (Å²) in [6.07, 6.45) is 3.51. The fourth-order valence-electron chi connectivity index (χ4n) is 5.07. The number of hydrogen-bond acceptors (Lipinski definition) is 6. The van der Waals surface area contributed by atoms with Gasteiger partial charge in [0.1, 0.15) is 6.07 Å². The molecular formula is C27H28F2N6O2. The lowest BCUT2D eigenvalue weighted by molar-refractivity contribution is 0.0321. The van der Waals surface area contributed by atoms with Crippen molar-refractivity contribution in [3.05, 3.63) is 71.1 Å². The molecule has 2 fully saturated rings. The van der Waals surface area contributed by atoms with Crippen molar-refractivity contribution in [1.29, 1.82) is 5.26 Å². The number of halogens is 2. The summed E-state index contributed by atoms with van der Waals surface area (Å²) in [7, 11) is 0. The summed E-state index contributed by atoms with van der Waals surface area (Å²) in [5.74, 6) is -2.36. The minimum absolute atomic E-state index is 0.288. The molecule has 0 spiro atoms. The molecule has 2 saturated heterocycles. The summed E-state index contributed by atoms with van der Waals surface area (Å²) < 4.78 is 33.8. The van der Waals surface area contributed by atoms with Gasteiger partial charge in [-0.2, -0.15) is 10.4 Å². The quantitative estimate of drug-likeness (QED) is 0.565. The maximum Gasteiger partial charge on any atom is 0.259 e. The average molecular weight is 507 g/mol. The summed E-state index contributed by atoms with van der Waals surface area (Å²) in [5.41, 5.74) is 2.91. The second-order valence-corrected chi connectivity index (χ2v) is 9.32. The van der Waals surface area contributed by atoms with Gasteiger partial charge in [0.2, 0.25) is 0 Å². The molecule has 1 amide bonds. The zero-order valence-electron chi connectivity index (χ0n) is 20.6. The first-order valence-electron chi connectivity index (χ1n) is 12.4. The van der Waals surface area contributed by atoms with Gasteiger partial charge < -0.3 is 15.0 Å². The van der Waals surface area contributed by atoms with Crippen molar-refractivity contribution < 1.29 is 18.3 Å². The predicted molar refractivity (Wildman–Crippen MR) is 135 cm³/mol. The van der Waals surface area contributed by atoms with Gasteiger partial charge in [-0.05, 0) is 50.1 Å². The monoisotopic (exact) mass is 506 g/mol. The summed E-state index contributed by atoms with van der Waals surface area (Å²) in [4.78, 5) is 17.7. The third kappa shape index (κ3) is 5.19. The average Bonchev–Trinajstić information content (AvgIpc) is 3.32. The fourth-order valence-corrected chi connectivity index (χ4v) is 5.07. The lowest BCUT2D eigenvalue weighted by Gasteiger charge is -2.41. The van der Waals surface area contributed by atoms with Gasteiger partial charge in [0.05, 0.1) is 34.4 Å². The molecule has 10 heteroatoms. The van der Waals surface area contributed by atoms with Crippen molar-refractivity contribution in [2.45, 2.75) is 25.8 Å². The summed E-state index contributed by atoms with van der Waals surface area (Å²) >= 11 is 0. The predicted octanol–water partition coefficient (Wildman–Crippen LogP) is 3.88. The number of carbonyl (C=O) groups is 1. The Hall–Kier alpha value is -3.81. The van der Waals surface area contributed by atoms with E-state index in [1.54, 1.807) is 19.1 Å². The summed E-state index contributed by atoms with van der Waals surface area (Å²) in [6.45, 7) is 6.86. The Labute approximate surface area is 214 Å². The first-order chi connectivity index (χ1) is 17.9. The van der Waals surface area contributed by atoms with Crippen LogP contribution in [0, 0.1) is 29.9 Å². The molecule has 0 unspecified atom stereocenters. The largest absolute Gasteiger partial charge is 0.381 e. The number of amides is 1. The summed E-state index contributed by atoms with van der Waals surface area (Å²) in [5, 5.41) is 16.8. The molecule has 2 aliphatic heterocycles. The van der Waals surface area contributed by atoms with E-state index in [2.05, 4.69) is 26.3 Å². The lowest BCUT2D eigenvalue weighted by Crippen LogP contribution is -2.51. The van der Waals surface area contributed by atoms with Crippen molar-refractivity contribution in [1.82, 2.24) is 14.7 Å². The molecule has 192 valence electrons. The van der Waals surface area contributed by atoms with E-state index in [0.29, 0.717) is 28.7 Å². The van der Waals surface area contributed by atoms with Crippen molar-refractivity contribution in [3.63, 3.8) is 0 Å². The van der Waals surface area contributed by atoms with E-state index in [0.717, 1.165) is 70.1 Å². The van der Waals surface area contributed by atoms with E-state index < -0.39 is 17.5 Å². The Morgan fingerprint density at radius 1 is 1.08 bits per heavy atom. The van der Waals surface area contributed by atoms with Crippen LogP contribution in [0.2, 0.25) is 0 Å². The molecule has 8 nitrogen and oxygen atoms in total. The SMILES string of the molecule is Cc1c(C(=O)Nc2ccc(N3CCN(C4CCOCC4)CC3)c(C#N)c2)cnn1-c1ccc(F)c(F)c1. The number of benzene rings is 2. The molecule has 3 heterocycles. The minimum atomic E-state index is -0.993. The van der Waals surface area contributed by atoms with Crippen LogP contribution >= 0.6 is 0 Å². The van der Waals surface area contributed by atoms with Gasteiger partial charge in [0.15, 0.2) is 11.6 Å². The van der Waals surface area contributed by atoms with Crippen LogP contribution in [0.5, 0.6) is 0 Å². The molecule has 1 N–H and O–H groups in total. The van der Waals surface area contributed by atoms with E-state index in [1.165, 1.54) is 16.9 Å². The maximum absolute atomic E-state index is 13.7. The number of nitrogens with one attached hydrogen (secondary N) is 1. The molecule has 37 heavy (non-hydrogen) atoms. The van der Waals surface area contributed by atoms with Gasteiger partial charge in [-0.1, -0.05) is 0 Å². The van der Waals surface area contributed by atoms with Gasteiger partial charge in [-0.3, -0.25) is 9.69 Å². The number of nitrogens with zero attached hydrogens (tertiary/aromatic N) is 5. The molecule has 5 rings (SSSR count). The molecule has 0 aliphatic carbocycles. The Morgan fingerprint density at radius 3 is 2.54 bits per heavy atom. The third-order valence-corrected chi connectivity index (χ3v) is 7.14. The Bertz CT molecular complexity index is 1340. The van der Waals surface area contributed by atoms with E-state index >= 15 is 0 Å². The lowest BCUT2D eigenvalue weighted by atomic mass is 10.1. The maximum atomic E-state index is 13.7. The molecule has 3 aromatic rings. The number of ether oxygens (including phenoxy) is 1. The number of anilines is 2. The highest BCUT2D eigenvalue weighted by Gasteiger charge is 2.26. The Balaban J connectivity index is 1.26. The standard InChI is InChI=1S/C27H28F2N6O2/c1-18-23(17-31-35(18)22-3-4-24(28)25(29)15-22)27(36)32-20-2-5-26(19(14-20)16-30)34-10-8-33(9-11-34)21-6-12-37-13-7-21/h2-5,14-15,17,21H,6-13H2,1H3,(H,32,36). The topological polar surface area (TPSA) is 86.4 Å². The number of carbonyl (C=O) groups excluding carboxylic acids is 1. The first-order valence-corrected chi connectivity index (χ1v) is 12.4. The number of piperazine rings is 1. The molecule has 1 aromatic heterocycles. The van der Waals surface area contributed by atoms with Crippen molar-refractivity contribution >= 4 is 17.3 Å². The van der Waals surface area contributed by atoms with Gasteiger partial charge in [0, 0.05) is 57.2 Å². The third-order valence-electron chi connectivity index (χ3n) is 7.14. The molecule has 2 aliphatic rings. The smallest absolute Gasteiger partial charge is 0.259 e. The normalized spacial score (nSPS) is 17.0. The number of hydrogen-bond donors (Lipinski definition) is 1. The number of nitriles is 1. The molecule has 0 radical (unpaired) electrons. The zero-order valence-corrected chi connectivity index (χ0v) is 20.6. The molecule has 0 atom stereocenters. The van der Waals surface area contributed by atoms with Crippen LogP contribution in [0.4, 0.5) is 20.2 Å². The minimum Gasteiger partial charge on any atom is -0.381 e. The summed E-state index contributed by atoms with van der Waals surface area (Å²) in [6, 6.07) is 11.6. The Morgan fingerprint density at radius 2 is 1.84 bits per heavy atom. The van der Waals surface area contributed by atoms with Gasteiger partial charge >= 0.3 is 0 Å². The van der Waals surface area contributed by atoms with E-state index in [9.17, 15) is 18.8 Å². The number of rotatable bonds is 5. The van der Waals surface area contributed by atoms with Crippen molar-refractivity contribution in [2.24, 2.45) is 0 Å². The van der Waals surface area contributed by atoms with Crippen LogP contribution in [0.15, 0.2) is 42.6 Å². The first kappa shape index (κ1) is 24.9. The van der Waals surface area contributed by atoms with Crippen LogP contribution in [0.25, 0.3) is 5.69 Å². The van der Waals surface area contributed by atoms with Gasteiger partial charge in [-0.15, -0.1) is 0 Å². The molecular weight excluding hydrogens is 478 g/mol. The number of aromatic nitrogens is 2. The Kier molecular flexibility index (Phi) is 7.17. The highest BCUT2D eigenvalue weighted by Crippen LogP contribution is 2.27. The fraction of sp³-hybridized carbons (Fsp3) is 0.370. The van der Waals surface area contributed by atoms with Crippen LogP contribution in [-0.4, -0.2) is 66.0 Å². The highest BCUT2D eigenvalue weighted by atomic mass is 19.2. The van der Waals surface area contributed by atoms with Crippen molar-refractivity contribution in [3.8, 4) is 11.8 Å². The van der Waals surface area contributed by atoms with Gasteiger partial charge in [-0.25, -0.2) is 13.5 Å². The second kappa shape index (κ2) is 10.7. The van der Waals surface area contributed by atoms with Crippen LogP contribution in [-0.2, 0) is 4.74 Å². The molecule has 0 bridgehead atoms. The second-order valence-electron chi connectivity index (χ2n) is 9.32. The highest BCUT2D eigenvalue weighted by molar-refractivity contribution is 6.05. The van der Waals surface area contributed by atoms with Crippen LogP contribution in [0.3, 0.4) is 0 Å². The van der Waals surface area contributed by atoms with Crippen molar-refractivity contribution in [2.75, 3.05) is 49.6 Å². The molecule has 2 aromatic carbocycles. The van der Waals surface area contributed by atoms with E-state index in [1.807, 2.05) is 6.07 Å². The van der Waals surface area contributed by atoms with E-state index in [-0.39, 0.29) is 5.56 Å².